The molecule has 1 radical (unpaired) electrons. The second kappa shape index (κ2) is 263. The van der Waals surface area contributed by atoms with E-state index in [-0.39, 0.29) is 84.7 Å². The summed E-state index contributed by atoms with van der Waals surface area (Å²) in [4.78, 5) is 0. The van der Waals surface area contributed by atoms with Crippen molar-refractivity contribution in [2.45, 2.75) is 68.2 Å². The molecule has 0 aromatic rings. The molecule has 0 heterocycles. The van der Waals surface area contributed by atoms with Crippen LogP contribution in [0.25, 0.3) is 0 Å². The van der Waals surface area contributed by atoms with Crippen molar-refractivity contribution in [2.24, 2.45) is 0 Å². The maximum Gasteiger partial charge on any atom is 0 e. The topological polar surface area (TPSA) is 0 Å². The minimum Gasteiger partial charge on any atom is -0.358 e. The van der Waals surface area contributed by atoms with Crippen LogP contribution in [0.4, 0.5) is 0 Å². The normalized spacial score (nSPS) is 3.18. The largest absolute Gasteiger partial charge is 0.358 e. The quantitative estimate of drug-likeness (QED) is 0.402. The molecular weight excluding hydrogens is 281 g/mol. The van der Waals surface area contributed by atoms with Gasteiger partial charge in [0.15, 0.2) is 0 Å². The molecule has 0 aromatic heterocycles. The van der Waals surface area contributed by atoms with E-state index in [1.54, 1.807) is 0 Å². The van der Waals surface area contributed by atoms with Gasteiger partial charge in [-0.25, -0.2) is 0 Å². The van der Waals surface area contributed by atoms with E-state index in [9.17, 15) is 0 Å². The van der Waals surface area contributed by atoms with Crippen LogP contribution in [-0.4, -0.2) is 0 Å². The van der Waals surface area contributed by atoms with Crippen LogP contribution in [0.15, 0.2) is 0 Å². The summed E-state index contributed by atoms with van der Waals surface area (Å²) < 4.78 is 0. The second-order valence-corrected chi connectivity index (χ2v) is 2.12. The van der Waals surface area contributed by atoms with Gasteiger partial charge in [0.25, 0.3) is 0 Å². The molecule has 0 aliphatic carbocycles. The van der Waals surface area contributed by atoms with Gasteiger partial charge in [-0.05, 0) is 0 Å². The molecule has 0 bridgehead atoms. The van der Waals surface area contributed by atoms with Crippen molar-refractivity contribution in [1.82, 2.24) is 0 Å². The van der Waals surface area contributed by atoms with Crippen molar-refractivity contribution in [2.75, 3.05) is 0 Å². The molecule has 0 aliphatic heterocycles. The molecule has 0 aromatic carbocycles. The SMILES string of the molecule is C.CCC.CCC.CCC.[CH3-].[CH3-].[CH3-].[CH3-].[CH3-].[CH3-].[Y]. The first-order valence-corrected chi connectivity index (χ1v) is 4.24. The molecule has 119 valence electrons. The number of hydrogen-bond donors (Lipinski definition) is 0. The van der Waals surface area contributed by atoms with Crippen molar-refractivity contribution in [3.63, 3.8) is 0 Å². The third kappa shape index (κ3) is 3200. The van der Waals surface area contributed by atoms with E-state index in [0.717, 1.165) is 0 Å². The van der Waals surface area contributed by atoms with Gasteiger partial charge >= 0.3 is 0 Å². The Hall–Kier alpha value is 1.10. The van der Waals surface area contributed by atoms with Gasteiger partial charge in [0, 0.05) is 32.7 Å². The average molecular weight is 327 g/mol. The minimum atomic E-state index is 0. The van der Waals surface area contributed by atoms with E-state index in [1.165, 1.54) is 19.3 Å². The summed E-state index contributed by atoms with van der Waals surface area (Å²) in [5, 5.41) is 0. The van der Waals surface area contributed by atoms with E-state index in [4.69, 9.17) is 0 Å². The fourth-order valence-electron chi connectivity index (χ4n) is 0. The van der Waals surface area contributed by atoms with Crippen molar-refractivity contribution in [3.05, 3.63) is 44.6 Å². The van der Waals surface area contributed by atoms with Gasteiger partial charge in [0.1, 0.15) is 0 Å². The van der Waals surface area contributed by atoms with Crippen LogP contribution in [0.5, 0.6) is 0 Å². The molecule has 0 spiro atoms. The maximum absolute atomic E-state index is 2.12. The van der Waals surface area contributed by atoms with Gasteiger partial charge in [-0.2, -0.15) is 0 Å². The molecule has 0 unspecified atom stereocenters. The van der Waals surface area contributed by atoms with E-state index < -0.39 is 0 Å². The first-order chi connectivity index (χ1) is 4.24. The van der Waals surface area contributed by atoms with Gasteiger partial charge in [0.05, 0.1) is 0 Å². The van der Waals surface area contributed by atoms with E-state index in [2.05, 4.69) is 41.5 Å². The molecule has 0 rings (SSSR count). The standard InChI is InChI=1S/3C3H8.CH4.6CH3.Y/c3*1-3-2;;;;;;;;/h3*3H2,1-2H3;1H4;6*1H3;/q;;;;6*-1;. The number of hydrogen-bond acceptors (Lipinski definition) is 0. The third-order valence-corrected chi connectivity index (χ3v) is 0. The summed E-state index contributed by atoms with van der Waals surface area (Å²) in [5.74, 6) is 0. The zero-order valence-electron chi connectivity index (χ0n) is 14.7. The molecule has 0 aliphatic rings. The Kier molecular flexibility index (Phi) is 1630. The summed E-state index contributed by atoms with van der Waals surface area (Å²) in [5.41, 5.74) is 0. The Morgan fingerprint density at radius 3 is 0.412 bits per heavy atom. The molecule has 17 heavy (non-hydrogen) atoms. The molecule has 0 N–H and O–H groups in total. The smallest absolute Gasteiger partial charge is 0 e. The van der Waals surface area contributed by atoms with Crippen LogP contribution in [0.2, 0.25) is 0 Å². The third-order valence-electron chi connectivity index (χ3n) is 0. The van der Waals surface area contributed by atoms with Gasteiger partial charge in [-0.15, -0.1) is 0 Å². The predicted octanol–water partition coefficient (Wildman–Crippen LogP) is 7.58. The van der Waals surface area contributed by atoms with E-state index in [0.29, 0.717) is 0 Å². The Balaban J connectivity index is -0.00000000286. The summed E-state index contributed by atoms with van der Waals surface area (Å²) in [7, 11) is 0. The van der Waals surface area contributed by atoms with Gasteiger partial charge < -0.3 is 44.6 Å². The molecule has 0 amide bonds. The summed E-state index contributed by atoms with van der Waals surface area (Å²) in [6.07, 6.45) is 3.75. The second-order valence-electron chi connectivity index (χ2n) is 2.12. The molecule has 1 heteroatoms. The fourth-order valence-corrected chi connectivity index (χ4v) is 0. The Morgan fingerprint density at radius 2 is 0.412 bits per heavy atom. The summed E-state index contributed by atoms with van der Waals surface area (Å²) in [6, 6.07) is 0. The average Bonchev–Trinajstić information content (AvgIpc) is 1.70. The molecule has 0 saturated heterocycles. The van der Waals surface area contributed by atoms with Crippen molar-refractivity contribution in [1.29, 1.82) is 0 Å². The fraction of sp³-hybridized carbons (Fsp3) is 0.625. The van der Waals surface area contributed by atoms with Crippen LogP contribution < -0.4 is 0 Å². The summed E-state index contributed by atoms with van der Waals surface area (Å²) >= 11 is 0. The van der Waals surface area contributed by atoms with Crippen LogP contribution in [0, 0.1) is 44.6 Å². The van der Waals surface area contributed by atoms with Crippen molar-refractivity contribution < 1.29 is 32.7 Å². The van der Waals surface area contributed by atoms with Crippen molar-refractivity contribution >= 4 is 0 Å². The molecule has 0 nitrogen and oxygen atoms in total. The van der Waals surface area contributed by atoms with Gasteiger partial charge in [-0.1, -0.05) is 68.2 Å². The molecule has 0 saturated carbocycles. The minimum absolute atomic E-state index is 0. The van der Waals surface area contributed by atoms with Crippen LogP contribution in [0.1, 0.15) is 68.2 Å². The first-order valence-electron chi connectivity index (χ1n) is 4.24. The van der Waals surface area contributed by atoms with Gasteiger partial charge in [0.2, 0.25) is 0 Å². The molecule has 0 atom stereocenters. The maximum atomic E-state index is 2.12. The summed E-state index contributed by atoms with van der Waals surface area (Å²) in [6.45, 7) is 12.8. The van der Waals surface area contributed by atoms with E-state index >= 15 is 0 Å². The zero-order chi connectivity index (χ0) is 8.12. The van der Waals surface area contributed by atoms with Crippen LogP contribution >= 0.6 is 0 Å². The zero-order valence-corrected chi connectivity index (χ0v) is 17.5. The first kappa shape index (κ1) is 105. The Morgan fingerprint density at radius 1 is 0.412 bits per heavy atom. The Labute approximate surface area is 145 Å². The monoisotopic (exact) mass is 327 g/mol. The number of rotatable bonds is 0. The van der Waals surface area contributed by atoms with Gasteiger partial charge in [-0.3, -0.25) is 0 Å². The Bertz CT molecular complexity index is 10.2. The van der Waals surface area contributed by atoms with E-state index in [1.807, 2.05) is 0 Å². The molecule has 0 fully saturated rings. The van der Waals surface area contributed by atoms with Crippen LogP contribution in [-0.2, 0) is 32.7 Å². The van der Waals surface area contributed by atoms with Crippen LogP contribution in [0.3, 0.4) is 0 Å². The van der Waals surface area contributed by atoms with Crippen molar-refractivity contribution in [3.8, 4) is 0 Å². The molecular formula is C16H46Y-6. The predicted molar refractivity (Wildman–Crippen MR) is 93.1 cm³/mol.